The summed E-state index contributed by atoms with van der Waals surface area (Å²) < 4.78 is 5.50. The van der Waals surface area contributed by atoms with Crippen molar-refractivity contribution in [3.05, 3.63) is 59.7 Å². The van der Waals surface area contributed by atoms with E-state index in [1.807, 2.05) is 12.1 Å². The number of carbonyl (C=O) groups excluding carboxylic acids is 1. The third kappa shape index (κ3) is 5.39. The molecule has 29 heavy (non-hydrogen) atoms. The van der Waals surface area contributed by atoms with Crippen molar-refractivity contribution in [3.63, 3.8) is 0 Å². The van der Waals surface area contributed by atoms with E-state index in [1.165, 1.54) is 11.1 Å². The number of nitrogens with zero attached hydrogens (tertiary/aromatic N) is 2. The van der Waals surface area contributed by atoms with Gasteiger partial charge in [-0.1, -0.05) is 44.2 Å². The fourth-order valence-electron chi connectivity index (χ4n) is 4.20. The zero-order valence-corrected chi connectivity index (χ0v) is 18.1. The Morgan fingerprint density at radius 2 is 1.76 bits per heavy atom. The first kappa shape index (κ1) is 21.4. The van der Waals surface area contributed by atoms with Crippen LogP contribution in [0.5, 0.6) is 5.75 Å². The summed E-state index contributed by atoms with van der Waals surface area (Å²) in [5.41, 5.74) is 3.58. The predicted molar refractivity (Wildman–Crippen MR) is 120 cm³/mol. The second-order valence-electron chi connectivity index (χ2n) is 7.85. The van der Waals surface area contributed by atoms with Gasteiger partial charge in [0.25, 0.3) is 0 Å². The first-order chi connectivity index (χ1) is 14.2. The van der Waals surface area contributed by atoms with Crippen LogP contribution in [0.15, 0.2) is 48.5 Å². The van der Waals surface area contributed by atoms with Crippen molar-refractivity contribution in [2.24, 2.45) is 0 Å². The number of amides is 1. The number of ether oxygens (including phenoxy) is 1. The van der Waals surface area contributed by atoms with Crippen molar-refractivity contribution in [3.8, 4) is 5.75 Å². The van der Waals surface area contributed by atoms with Crippen LogP contribution in [0.25, 0.3) is 0 Å². The van der Waals surface area contributed by atoms with E-state index in [9.17, 15) is 4.79 Å². The molecule has 0 N–H and O–H groups in total. The van der Waals surface area contributed by atoms with Gasteiger partial charge in [-0.15, -0.1) is 0 Å². The SMILES string of the molecule is CCCC(=O)N(c1ccc(CC)cc1)C1CCN(Cc2ccccc2OC)CC1. The quantitative estimate of drug-likeness (QED) is 0.628. The number of piperidine rings is 1. The first-order valence-electron chi connectivity index (χ1n) is 10.9. The lowest BCUT2D eigenvalue weighted by atomic mass is 10.00. The van der Waals surface area contributed by atoms with Crippen LogP contribution in [0.3, 0.4) is 0 Å². The lowest BCUT2D eigenvalue weighted by Gasteiger charge is -2.39. The minimum atomic E-state index is 0.250. The van der Waals surface area contributed by atoms with Gasteiger partial charge in [-0.2, -0.15) is 0 Å². The molecule has 0 bridgehead atoms. The second kappa shape index (κ2) is 10.4. The lowest BCUT2D eigenvalue weighted by molar-refractivity contribution is -0.119. The summed E-state index contributed by atoms with van der Waals surface area (Å²) in [6, 6.07) is 17.0. The van der Waals surface area contributed by atoms with Crippen LogP contribution in [0, 0.1) is 0 Å². The minimum absolute atomic E-state index is 0.250. The van der Waals surface area contributed by atoms with E-state index in [1.54, 1.807) is 7.11 Å². The molecule has 0 unspecified atom stereocenters. The highest BCUT2D eigenvalue weighted by Gasteiger charge is 2.29. The van der Waals surface area contributed by atoms with Gasteiger partial charge in [0.2, 0.25) is 5.91 Å². The van der Waals surface area contributed by atoms with Gasteiger partial charge in [0.1, 0.15) is 5.75 Å². The van der Waals surface area contributed by atoms with Crippen LogP contribution in [0.1, 0.15) is 50.7 Å². The molecule has 1 amide bonds. The molecule has 0 atom stereocenters. The topological polar surface area (TPSA) is 32.8 Å². The fraction of sp³-hybridized carbons (Fsp3) is 0.480. The third-order valence-electron chi connectivity index (χ3n) is 5.86. The number of carbonyl (C=O) groups is 1. The van der Waals surface area contributed by atoms with Gasteiger partial charge in [-0.3, -0.25) is 9.69 Å². The Labute approximate surface area is 175 Å². The highest BCUT2D eigenvalue weighted by atomic mass is 16.5. The van der Waals surface area contributed by atoms with Crippen molar-refractivity contribution >= 4 is 11.6 Å². The average Bonchev–Trinajstić information content (AvgIpc) is 2.76. The molecule has 0 radical (unpaired) electrons. The largest absolute Gasteiger partial charge is 0.496 e. The molecule has 3 rings (SSSR count). The van der Waals surface area contributed by atoms with Gasteiger partial charge < -0.3 is 9.64 Å². The molecular weight excluding hydrogens is 360 g/mol. The normalized spacial score (nSPS) is 15.3. The number of likely N-dealkylation sites (tertiary alicyclic amines) is 1. The summed E-state index contributed by atoms with van der Waals surface area (Å²) in [6.07, 6.45) is 4.51. The number of rotatable bonds is 8. The Kier molecular flexibility index (Phi) is 7.70. The molecule has 2 aromatic rings. The van der Waals surface area contributed by atoms with Crippen LogP contribution >= 0.6 is 0 Å². The Morgan fingerprint density at radius 1 is 1.07 bits per heavy atom. The number of benzene rings is 2. The van der Waals surface area contributed by atoms with Gasteiger partial charge >= 0.3 is 0 Å². The van der Waals surface area contributed by atoms with Gasteiger partial charge in [0, 0.05) is 43.3 Å². The van der Waals surface area contributed by atoms with Crippen molar-refractivity contribution in [1.82, 2.24) is 4.90 Å². The fourth-order valence-corrected chi connectivity index (χ4v) is 4.20. The van der Waals surface area contributed by atoms with Crippen molar-refractivity contribution in [1.29, 1.82) is 0 Å². The van der Waals surface area contributed by atoms with Crippen molar-refractivity contribution in [2.45, 2.75) is 58.5 Å². The molecular formula is C25H34N2O2. The van der Waals surface area contributed by atoms with Crippen LogP contribution in [-0.4, -0.2) is 37.0 Å². The standard InChI is InChI=1S/C25H34N2O2/c1-4-8-25(28)27(22-13-11-20(5-2)12-14-22)23-15-17-26(18-16-23)19-21-9-6-7-10-24(21)29-3/h6-7,9-14,23H,4-5,8,15-19H2,1-3H3. The highest BCUT2D eigenvalue weighted by molar-refractivity contribution is 5.94. The van der Waals surface area contributed by atoms with E-state index in [4.69, 9.17) is 4.74 Å². The van der Waals surface area contributed by atoms with E-state index < -0.39 is 0 Å². The predicted octanol–water partition coefficient (Wildman–Crippen LogP) is 5.06. The number of anilines is 1. The molecule has 0 aromatic heterocycles. The summed E-state index contributed by atoms with van der Waals surface area (Å²) in [4.78, 5) is 17.5. The van der Waals surface area contributed by atoms with E-state index in [0.717, 1.165) is 56.8 Å². The van der Waals surface area contributed by atoms with Gasteiger partial charge in [0.05, 0.1) is 7.11 Å². The van der Waals surface area contributed by atoms with Crippen molar-refractivity contribution < 1.29 is 9.53 Å². The number of hydrogen-bond donors (Lipinski definition) is 0. The molecule has 2 aromatic carbocycles. The average molecular weight is 395 g/mol. The second-order valence-corrected chi connectivity index (χ2v) is 7.85. The van der Waals surface area contributed by atoms with E-state index in [0.29, 0.717) is 6.42 Å². The van der Waals surface area contributed by atoms with Crippen LogP contribution in [0.4, 0.5) is 5.69 Å². The minimum Gasteiger partial charge on any atom is -0.496 e. The Balaban J connectivity index is 1.68. The zero-order chi connectivity index (χ0) is 20.6. The van der Waals surface area contributed by atoms with Gasteiger partial charge in [-0.25, -0.2) is 0 Å². The Bertz CT molecular complexity index is 780. The Morgan fingerprint density at radius 3 is 2.38 bits per heavy atom. The maximum atomic E-state index is 12.9. The van der Waals surface area contributed by atoms with E-state index >= 15 is 0 Å². The van der Waals surface area contributed by atoms with Crippen LogP contribution < -0.4 is 9.64 Å². The molecule has 0 spiro atoms. The van der Waals surface area contributed by atoms with E-state index in [2.05, 4.69) is 60.0 Å². The molecule has 156 valence electrons. The number of para-hydroxylation sites is 1. The molecule has 4 nitrogen and oxygen atoms in total. The van der Waals surface area contributed by atoms with E-state index in [-0.39, 0.29) is 11.9 Å². The molecule has 1 aliphatic rings. The van der Waals surface area contributed by atoms with Crippen LogP contribution in [-0.2, 0) is 17.8 Å². The molecule has 1 aliphatic heterocycles. The summed E-state index contributed by atoms with van der Waals surface area (Å²) in [5, 5.41) is 0. The maximum absolute atomic E-state index is 12.9. The van der Waals surface area contributed by atoms with Gasteiger partial charge in [0.15, 0.2) is 0 Å². The van der Waals surface area contributed by atoms with Crippen LogP contribution in [0.2, 0.25) is 0 Å². The molecule has 1 fully saturated rings. The Hall–Kier alpha value is -2.33. The summed E-state index contributed by atoms with van der Waals surface area (Å²) in [7, 11) is 1.73. The molecule has 1 saturated heterocycles. The number of hydrogen-bond acceptors (Lipinski definition) is 3. The smallest absolute Gasteiger partial charge is 0.227 e. The molecule has 0 aliphatic carbocycles. The summed E-state index contributed by atoms with van der Waals surface area (Å²) in [5.74, 6) is 1.20. The third-order valence-corrected chi connectivity index (χ3v) is 5.86. The monoisotopic (exact) mass is 394 g/mol. The molecule has 0 saturated carbocycles. The highest BCUT2D eigenvalue weighted by Crippen LogP contribution is 2.27. The first-order valence-corrected chi connectivity index (χ1v) is 10.9. The molecule has 4 heteroatoms. The molecule has 1 heterocycles. The summed E-state index contributed by atoms with van der Waals surface area (Å²) >= 11 is 0. The summed E-state index contributed by atoms with van der Waals surface area (Å²) in [6.45, 7) is 7.11. The number of aryl methyl sites for hydroxylation is 1. The lowest BCUT2D eigenvalue weighted by Crippen LogP contribution is -2.47. The van der Waals surface area contributed by atoms with Crippen molar-refractivity contribution in [2.75, 3.05) is 25.1 Å². The number of methoxy groups -OCH3 is 1. The zero-order valence-electron chi connectivity index (χ0n) is 18.1. The van der Waals surface area contributed by atoms with Gasteiger partial charge in [-0.05, 0) is 49.4 Å². The maximum Gasteiger partial charge on any atom is 0.227 e.